The van der Waals surface area contributed by atoms with Gasteiger partial charge >= 0.3 is 0 Å². The van der Waals surface area contributed by atoms with Crippen molar-refractivity contribution in [3.63, 3.8) is 0 Å². The van der Waals surface area contributed by atoms with E-state index in [0.717, 1.165) is 37.5 Å². The second kappa shape index (κ2) is 10.9. The number of halogens is 2. The van der Waals surface area contributed by atoms with Gasteiger partial charge in [-0.3, -0.25) is 9.48 Å². The summed E-state index contributed by atoms with van der Waals surface area (Å²) in [5.74, 6) is 0.993. The molecule has 1 aliphatic heterocycles. The molecule has 128 valence electrons. The first-order valence-corrected chi connectivity index (χ1v) is 7.65. The smallest absolute Gasteiger partial charge is 0.222 e. The van der Waals surface area contributed by atoms with Crippen LogP contribution in [0.4, 0.5) is 0 Å². The normalized spacial score (nSPS) is 14.8. The number of nitrogens with zero attached hydrogens (tertiary/aromatic N) is 3. The lowest BCUT2D eigenvalue weighted by Gasteiger charge is -2.24. The minimum absolute atomic E-state index is 0. The second-order valence-corrected chi connectivity index (χ2v) is 5.66. The van der Waals surface area contributed by atoms with Crippen molar-refractivity contribution in [2.45, 2.75) is 39.2 Å². The molecule has 2 heterocycles. The highest BCUT2D eigenvalue weighted by molar-refractivity contribution is 5.85. The Morgan fingerprint density at radius 2 is 2.09 bits per heavy atom. The molecule has 7 heteroatoms. The summed E-state index contributed by atoms with van der Waals surface area (Å²) in [5, 5.41) is 7.52. The van der Waals surface area contributed by atoms with Crippen LogP contribution in [0.1, 0.15) is 38.2 Å². The zero-order chi connectivity index (χ0) is 14.4. The summed E-state index contributed by atoms with van der Waals surface area (Å²) in [5.41, 5.74) is 1.10. The SMILES string of the molecule is CCN(Cc1cnn(C)c1)C(=O)CCC1CCNCC1.Cl.Cl. The van der Waals surface area contributed by atoms with Gasteiger partial charge in [-0.2, -0.15) is 5.10 Å². The average molecular weight is 351 g/mol. The molecule has 1 aromatic rings. The maximum Gasteiger partial charge on any atom is 0.222 e. The lowest BCUT2D eigenvalue weighted by Crippen LogP contribution is -2.32. The van der Waals surface area contributed by atoms with Crippen LogP contribution in [-0.4, -0.2) is 40.2 Å². The number of aromatic nitrogens is 2. The molecule has 0 unspecified atom stereocenters. The van der Waals surface area contributed by atoms with Crippen molar-refractivity contribution in [2.24, 2.45) is 13.0 Å². The Kier molecular flexibility index (Phi) is 10.5. The quantitative estimate of drug-likeness (QED) is 0.856. The Hall–Kier alpha value is -0.780. The van der Waals surface area contributed by atoms with Crippen LogP contribution in [0.25, 0.3) is 0 Å². The van der Waals surface area contributed by atoms with E-state index in [1.165, 1.54) is 12.8 Å². The molecule has 0 aromatic carbocycles. The van der Waals surface area contributed by atoms with Gasteiger partial charge in [0.2, 0.25) is 5.91 Å². The van der Waals surface area contributed by atoms with Gasteiger partial charge in [0.05, 0.1) is 6.20 Å². The first-order chi connectivity index (χ1) is 9.69. The van der Waals surface area contributed by atoms with Crippen molar-refractivity contribution in [2.75, 3.05) is 19.6 Å². The molecular formula is C15H28Cl2N4O. The Morgan fingerprint density at radius 3 is 2.64 bits per heavy atom. The number of hydrogen-bond acceptors (Lipinski definition) is 3. The lowest BCUT2D eigenvalue weighted by molar-refractivity contribution is -0.132. The highest BCUT2D eigenvalue weighted by Gasteiger charge is 2.17. The minimum atomic E-state index is 0. The zero-order valence-electron chi connectivity index (χ0n) is 13.5. The highest BCUT2D eigenvalue weighted by atomic mass is 35.5. The molecule has 1 aromatic heterocycles. The van der Waals surface area contributed by atoms with Gasteiger partial charge in [0.1, 0.15) is 0 Å². The molecule has 0 aliphatic carbocycles. The Labute approximate surface area is 145 Å². The third-order valence-electron chi connectivity index (χ3n) is 4.09. The van der Waals surface area contributed by atoms with Crippen LogP contribution in [0.15, 0.2) is 12.4 Å². The summed E-state index contributed by atoms with van der Waals surface area (Å²) in [6.07, 6.45) is 7.94. The topological polar surface area (TPSA) is 50.2 Å². The van der Waals surface area contributed by atoms with Crippen molar-refractivity contribution in [1.29, 1.82) is 0 Å². The highest BCUT2D eigenvalue weighted by Crippen LogP contribution is 2.18. The number of carbonyl (C=O) groups excluding carboxylic acids is 1. The Balaban J connectivity index is 0.00000220. The number of rotatable bonds is 6. The second-order valence-electron chi connectivity index (χ2n) is 5.66. The number of nitrogens with one attached hydrogen (secondary N) is 1. The third kappa shape index (κ3) is 6.55. The van der Waals surface area contributed by atoms with E-state index in [1.807, 2.05) is 31.3 Å². The van der Waals surface area contributed by atoms with Gasteiger partial charge in [0, 0.05) is 38.3 Å². The summed E-state index contributed by atoms with van der Waals surface area (Å²) >= 11 is 0. The Morgan fingerprint density at radius 1 is 1.41 bits per heavy atom. The lowest BCUT2D eigenvalue weighted by atomic mass is 9.93. The fourth-order valence-corrected chi connectivity index (χ4v) is 2.81. The number of hydrogen-bond donors (Lipinski definition) is 1. The van der Waals surface area contributed by atoms with Crippen molar-refractivity contribution >= 4 is 30.7 Å². The summed E-state index contributed by atoms with van der Waals surface area (Å²) in [6.45, 7) is 5.69. The largest absolute Gasteiger partial charge is 0.339 e. The van der Waals surface area contributed by atoms with E-state index in [4.69, 9.17) is 0 Å². The van der Waals surface area contributed by atoms with E-state index in [1.54, 1.807) is 4.68 Å². The van der Waals surface area contributed by atoms with Crippen LogP contribution in [-0.2, 0) is 18.4 Å². The summed E-state index contributed by atoms with van der Waals surface area (Å²) < 4.78 is 1.78. The van der Waals surface area contributed by atoms with Gasteiger partial charge in [-0.15, -0.1) is 24.8 Å². The van der Waals surface area contributed by atoms with Crippen LogP contribution in [0.5, 0.6) is 0 Å². The molecule has 1 aliphatic rings. The van der Waals surface area contributed by atoms with Gasteiger partial charge in [0.25, 0.3) is 0 Å². The van der Waals surface area contributed by atoms with Crippen LogP contribution < -0.4 is 5.32 Å². The van der Waals surface area contributed by atoms with Crippen LogP contribution in [0, 0.1) is 5.92 Å². The molecule has 1 fully saturated rings. The van der Waals surface area contributed by atoms with Gasteiger partial charge < -0.3 is 10.2 Å². The minimum Gasteiger partial charge on any atom is -0.339 e. The summed E-state index contributed by atoms with van der Waals surface area (Å²) in [6, 6.07) is 0. The van der Waals surface area contributed by atoms with Gasteiger partial charge in [-0.05, 0) is 45.2 Å². The molecule has 0 saturated carbocycles. The standard InChI is InChI=1S/C15H26N4O.2ClH/c1-3-19(12-14-10-17-18(2)11-14)15(20)5-4-13-6-8-16-9-7-13;;/h10-11,13,16H,3-9,12H2,1-2H3;2*1H. The van der Waals surface area contributed by atoms with E-state index in [-0.39, 0.29) is 30.7 Å². The molecule has 1 saturated heterocycles. The Bertz CT molecular complexity index is 433. The van der Waals surface area contributed by atoms with E-state index >= 15 is 0 Å². The van der Waals surface area contributed by atoms with Crippen LogP contribution in [0.3, 0.4) is 0 Å². The fourth-order valence-electron chi connectivity index (χ4n) is 2.81. The number of aryl methyl sites for hydroxylation is 1. The predicted octanol–water partition coefficient (Wildman–Crippen LogP) is 2.39. The molecular weight excluding hydrogens is 323 g/mol. The van der Waals surface area contributed by atoms with Crippen LogP contribution >= 0.6 is 24.8 Å². The first-order valence-electron chi connectivity index (χ1n) is 7.65. The molecule has 1 amide bonds. The van der Waals surface area contributed by atoms with Gasteiger partial charge in [-0.1, -0.05) is 0 Å². The number of piperidine rings is 1. The molecule has 0 spiro atoms. The van der Waals surface area contributed by atoms with Gasteiger partial charge in [-0.25, -0.2) is 0 Å². The monoisotopic (exact) mass is 350 g/mol. The van der Waals surface area contributed by atoms with Crippen molar-refractivity contribution in [1.82, 2.24) is 20.0 Å². The average Bonchev–Trinajstić information content (AvgIpc) is 2.88. The predicted molar refractivity (Wildman–Crippen MR) is 93.6 cm³/mol. The molecule has 1 N–H and O–H groups in total. The van der Waals surface area contributed by atoms with Crippen molar-refractivity contribution < 1.29 is 4.79 Å². The number of carbonyl (C=O) groups is 1. The van der Waals surface area contributed by atoms with Crippen LogP contribution in [0.2, 0.25) is 0 Å². The molecule has 0 atom stereocenters. The molecule has 5 nitrogen and oxygen atoms in total. The fraction of sp³-hybridized carbons (Fsp3) is 0.733. The summed E-state index contributed by atoms with van der Waals surface area (Å²) in [7, 11) is 1.90. The van der Waals surface area contributed by atoms with Gasteiger partial charge in [0.15, 0.2) is 0 Å². The number of amides is 1. The summed E-state index contributed by atoms with van der Waals surface area (Å²) in [4.78, 5) is 14.2. The maximum atomic E-state index is 12.3. The maximum absolute atomic E-state index is 12.3. The van der Waals surface area contributed by atoms with E-state index in [2.05, 4.69) is 10.4 Å². The van der Waals surface area contributed by atoms with E-state index in [0.29, 0.717) is 13.0 Å². The van der Waals surface area contributed by atoms with Crippen molar-refractivity contribution in [3.05, 3.63) is 18.0 Å². The molecule has 22 heavy (non-hydrogen) atoms. The third-order valence-corrected chi connectivity index (χ3v) is 4.09. The molecule has 2 rings (SSSR count). The van der Waals surface area contributed by atoms with Crippen molar-refractivity contribution in [3.8, 4) is 0 Å². The molecule has 0 radical (unpaired) electrons. The van der Waals surface area contributed by atoms with E-state index in [9.17, 15) is 4.79 Å². The zero-order valence-corrected chi connectivity index (χ0v) is 15.1. The molecule has 0 bridgehead atoms. The first kappa shape index (κ1) is 21.2. The van der Waals surface area contributed by atoms with E-state index < -0.39 is 0 Å².